The Bertz CT molecular complexity index is 290. The van der Waals surface area contributed by atoms with Gasteiger partial charge < -0.3 is 10.6 Å². The van der Waals surface area contributed by atoms with E-state index in [1.165, 1.54) is 0 Å². The summed E-state index contributed by atoms with van der Waals surface area (Å²) in [5.74, 6) is -0.0743. The van der Waals surface area contributed by atoms with Crippen LogP contribution in [-0.4, -0.2) is 29.1 Å². The van der Waals surface area contributed by atoms with Crippen LogP contribution in [0.5, 0.6) is 0 Å². The standard InChI is InChI=1S/C12H24N2O2S/c1-11(2,3)10(16)13-8(7-17)9(15)14-12(4,5)6/h8,17H,7H2,1-6H3,(H,13,16)(H,14,15). The fourth-order valence-electron chi connectivity index (χ4n) is 1.03. The van der Waals surface area contributed by atoms with Crippen LogP contribution in [0, 0.1) is 5.41 Å². The van der Waals surface area contributed by atoms with Crippen molar-refractivity contribution in [2.45, 2.75) is 53.1 Å². The monoisotopic (exact) mass is 260 g/mol. The quantitative estimate of drug-likeness (QED) is 0.671. The topological polar surface area (TPSA) is 58.2 Å². The molecule has 0 aliphatic heterocycles. The smallest absolute Gasteiger partial charge is 0.243 e. The van der Waals surface area contributed by atoms with Gasteiger partial charge in [0.15, 0.2) is 0 Å². The lowest BCUT2D eigenvalue weighted by atomic mass is 9.95. The van der Waals surface area contributed by atoms with Crippen LogP contribution in [0.4, 0.5) is 0 Å². The number of nitrogens with one attached hydrogen (secondary N) is 2. The lowest BCUT2D eigenvalue weighted by molar-refractivity contribution is -0.133. The van der Waals surface area contributed by atoms with E-state index < -0.39 is 11.5 Å². The summed E-state index contributed by atoms with van der Waals surface area (Å²) < 4.78 is 0. The van der Waals surface area contributed by atoms with Gasteiger partial charge in [-0.2, -0.15) is 12.6 Å². The molecule has 0 aromatic rings. The fourth-order valence-corrected chi connectivity index (χ4v) is 1.28. The summed E-state index contributed by atoms with van der Waals surface area (Å²) in [6.45, 7) is 11.1. The van der Waals surface area contributed by atoms with Crippen molar-refractivity contribution in [1.29, 1.82) is 0 Å². The van der Waals surface area contributed by atoms with E-state index in [1.807, 2.05) is 20.8 Å². The predicted octanol–water partition coefficient (Wildman–Crippen LogP) is 1.36. The second-order valence-electron chi connectivity index (χ2n) is 6.20. The zero-order valence-electron chi connectivity index (χ0n) is 11.5. The average Bonchev–Trinajstić information content (AvgIpc) is 2.08. The SMILES string of the molecule is CC(C)(C)NC(=O)C(CS)NC(=O)C(C)(C)C. The van der Waals surface area contributed by atoms with Crippen molar-refractivity contribution >= 4 is 24.4 Å². The number of carbonyl (C=O) groups is 2. The molecule has 2 amide bonds. The van der Waals surface area contributed by atoms with Gasteiger partial charge in [-0.25, -0.2) is 0 Å². The molecule has 1 unspecified atom stereocenters. The average molecular weight is 260 g/mol. The molecule has 0 radical (unpaired) electrons. The molecule has 0 aliphatic rings. The summed E-state index contributed by atoms with van der Waals surface area (Å²) in [4.78, 5) is 23.7. The van der Waals surface area contributed by atoms with Gasteiger partial charge in [-0.3, -0.25) is 9.59 Å². The number of amides is 2. The first-order chi connectivity index (χ1) is 7.47. The number of hydrogen-bond donors (Lipinski definition) is 3. The van der Waals surface area contributed by atoms with Crippen LogP contribution in [-0.2, 0) is 9.59 Å². The van der Waals surface area contributed by atoms with E-state index in [0.717, 1.165) is 0 Å². The van der Waals surface area contributed by atoms with Gasteiger partial charge in [-0.05, 0) is 20.8 Å². The Balaban J connectivity index is 4.55. The third kappa shape index (κ3) is 6.56. The molecule has 0 fully saturated rings. The van der Waals surface area contributed by atoms with E-state index in [2.05, 4.69) is 23.3 Å². The van der Waals surface area contributed by atoms with Crippen LogP contribution in [0.3, 0.4) is 0 Å². The minimum absolute atomic E-state index is 0.152. The maximum Gasteiger partial charge on any atom is 0.243 e. The first-order valence-corrected chi connectivity index (χ1v) is 6.34. The van der Waals surface area contributed by atoms with E-state index in [0.29, 0.717) is 0 Å². The molecule has 0 aromatic heterocycles. The van der Waals surface area contributed by atoms with Gasteiger partial charge in [-0.15, -0.1) is 0 Å². The van der Waals surface area contributed by atoms with Gasteiger partial charge in [-0.1, -0.05) is 20.8 Å². The molecular formula is C12H24N2O2S. The van der Waals surface area contributed by atoms with Crippen molar-refractivity contribution < 1.29 is 9.59 Å². The molecule has 0 bridgehead atoms. The molecule has 0 aliphatic carbocycles. The minimum atomic E-state index is -0.593. The van der Waals surface area contributed by atoms with Gasteiger partial charge in [0.25, 0.3) is 0 Å². The molecule has 1 atom stereocenters. The third-order valence-electron chi connectivity index (χ3n) is 1.98. The highest BCUT2D eigenvalue weighted by molar-refractivity contribution is 7.80. The van der Waals surface area contributed by atoms with Crippen LogP contribution < -0.4 is 10.6 Å². The molecule has 5 heteroatoms. The second kappa shape index (κ2) is 5.76. The van der Waals surface area contributed by atoms with E-state index >= 15 is 0 Å². The summed E-state index contributed by atoms with van der Waals surface area (Å²) in [5, 5.41) is 5.53. The summed E-state index contributed by atoms with van der Waals surface area (Å²) >= 11 is 4.10. The molecule has 0 saturated heterocycles. The highest BCUT2D eigenvalue weighted by Crippen LogP contribution is 2.13. The lowest BCUT2D eigenvalue weighted by Gasteiger charge is -2.27. The van der Waals surface area contributed by atoms with Crippen molar-refractivity contribution in [1.82, 2.24) is 10.6 Å². The van der Waals surface area contributed by atoms with E-state index in [9.17, 15) is 9.59 Å². The third-order valence-corrected chi connectivity index (χ3v) is 2.35. The number of carbonyl (C=O) groups excluding carboxylic acids is 2. The first kappa shape index (κ1) is 16.3. The van der Waals surface area contributed by atoms with Crippen molar-refractivity contribution in [3.63, 3.8) is 0 Å². The number of rotatable bonds is 3. The van der Waals surface area contributed by atoms with E-state index in [-0.39, 0.29) is 23.1 Å². The maximum absolute atomic E-state index is 11.9. The van der Waals surface area contributed by atoms with Crippen molar-refractivity contribution in [3.05, 3.63) is 0 Å². The zero-order valence-corrected chi connectivity index (χ0v) is 12.4. The van der Waals surface area contributed by atoms with Gasteiger partial charge in [0.2, 0.25) is 11.8 Å². The Kier molecular flexibility index (Phi) is 5.52. The zero-order chi connectivity index (χ0) is 13.9. The largest absolute Gasteiger partial charge is 0.350 e. The van der Waals surface area contributed by atoms with Crippen LogP contribution in [0.25, 0.3) is 0 Å². The van der Waals surface area contributed by atoms with Gasteiger partial charge in [0.05, 0.1) is 0 Å². The molecule has 0 heterocycles. The summed E-state index contributed by atoms with van der Waals surface area (Å²) in [6.07, 6.45) is 0. The lowest BCUT2D eigenvalue weighted by Crippen LogP contribution is -2.54. The molecule has 0 spiro atoms. The summed E-state index contributed by atoms with van der Waals surface area (Å²) in [6, 6.07) is -0.593. The molecule has 0 saturated carbocycles. The normalized spacial score (nSPS) is 14.1. The van der Waals surface area contributed by atoms with Crippen LogP contribution in [0.15, 0.2) is 0 Å². The van der Waals surface area contributed by atoms with Gasteiger partial charge in [0.1, 0.15) is 6.04 Å². The Hall–Kier alpha value is -0.710. The fraction of sp³-hybridized carbons (Fsp3) is 0.833. The maximum atomic E-state index is 11.9. The predicted molar refractivity (Wildman–Crippen MR) is 73.1 cm³/mol. The van der Waals surface area contributed by atoms with Crippen molar-refractivity contribution in [3.8, 4) is 0 Å². The van der Waals surface area contributed by atoms with Crippen molar-refractivity contribution in [2.75, 3.05) is 5.75 Å². The Labute approximate surface area is 109 Å². The van der Waals surface area contributed by atoms with Crippen LogP contribution in [0.1, 0.15) is 41.5 Å². The number of hydrogen-bond acceptors (Lipinski definition) is 3. The summed E-state index contributed by atoms with van der Waals surface area (Å²) in [5.41, 5.74) is -0.825. The second-order valence-corrected chi connectivity index (χ2v) is 6.56. The molecule has 0 aromatic carbocycles. The highest BCUT2D eigenvalue weighted by atomic mass is 32.1. The van der Waals surface area contributed by atoms with Gasteiger partial charge >= 0.3 is 0 Å². The first-order valence-electron chi connectivity index (χ1n) is 5.71. The molecule has 4 nitrogen and oxygen atoms in total. The molecular weight excluding hydrogens is 236 g/mol. The van der Waals surface area contributed by atoms with Crippen LogP contribution >= 0.6 is 12.6 Å². The highest BCUT2D eigenvalue weighted by Gasteiger charge is 2.28. The van der Waals surface area contributed by atoms with E-state index in [4.69, 9.17) is 0 Å². The van der Waals surface area contributed by atoms with Gasteiger partial charge in [0, 0.05) is 16.7 Å². The minimum Gasteiger partial charge on any atom is -0.350 e. The molecule has 0 rings (SSSR count). The molecule has 100 valence electrons. The Morgan fingerprint density at radius 1 is 1.12 bits per heavy atom. The molecule has 2 N–H and O–H groups in total. The summed E-state index contributed by atoms with van der Waals surface area (Å²) in [7, 11) is 0. The van der Waals surface area contributed by atoms with Crippen molar-refractivity contribution in [2.24, 2.45) is 5.41 Å². The van der Waals surface area contributed by atoms with Crippen LogP contribution in [0.2, 0.25) is 0 Å². The number of thiol groups is 1. The Morgan fingerprint density at radius 2 is 1.59 bits per heavy atom. The Morgan fingerprint density at radius 3 is 1.88 bits per heavy atom. The van der Waals surface area contributed by atoms with E-state index in [1.54, 1.807) is 20.8 Å². The molecule has 17 heavy (non-hydrogen) atoms.